The van der Waals surface area contributed by atoms with Crippen molar-refractivity contribution in [3.63, 3.8) is 0 Å². The first-order valence-electron chi connectivity index (χ1n) is 4.52. The van der Waals surface area contributed by atoms with Gasteiger partial charge in [-0.25, -0.2) is 0 Å². The number of esters is 1. The van der Waals surface area contributed by atoms with E-state index in [1.54, 1.807) is 18.3 Å². The van der Waals surface area contributed by atoms with Crippen molar-refractivity contribution in [3.05, 3.63) is 22.4 Å². The Kier molecular flexibility index (Phi) is 4.10. The fourth-order valence-corrected chi connectivity index (χ4v) is 1.98. The van der Waals surface area contributed by atoms with Gasteiger partial charge in [0.2, 0.25) is 0 Å². The molecule has 1 heterocycles. The lowest BCUT2D eigenvalue weighted by Crippen LogP contribution is -2.36. The largest absolute Gasteiger partial charge is 0.468 e. The van der Waals surface area contributed by atoms with Gasteiger partial charge in [0.1, 0.15) is 6.04 Å². The molecule has 4 heteroatoms. The van der Waals surface area contributed by atoms with Crippen LogP contribution in [0, 0.1) is 0 Å². The lowest BCUT2D eigenvalue weighted by atomic mass is 10.2. The van der Waals surface area contributed by atoms with Crippen LogP contribution in [0.4, 0.5) is 0 Å². The third-order valence-corrected chi connectivity index (χ3v) is 3.08. The third-order valence-electron chi connectivity index (χ3n) is 2.02. The van der Waals surface area contributed by atoms with Gasteiger partial charge in [0.15, 0.2) is 0 Å². The van der Waals surface area contributed by atoms with E-state index in [1.807, 2.05) is 24.4 Å². The van der Waals surface area contributed by atoms with Crippen LogP contribution in [-0.4, -0.2) is 19.1 Å². The maximum Gasteiger partial charge on any atom is 0.322 e. The Morgan fingerprint density at radius 3 is 2.79 bits per heavy atom. The number of thiophene rings is 1. The molecule has 0 aliphatic carbocycles. The summed E-state index contributed by atoms with van der Waals surface area (Å²) in [5.41, 5.74) is 0. The number of hydrogen-bond acceptors (Lipinski definition) is 4. The fraction of sp³-hybridized carbons (Fsp3) is 0.500. The van der Waals surface area contributed by atoms with Gasteiger partial charge in [0.25, 0.3) is 0 Å². The lowest BCUT2D eigenvalue weighted by molar-refractivity contribution is -0.142. The quantitative estimate of drug-likeness (QED) is 0.777. The molecule has 1 rings (SSSR count). The molecule has 0 aliphatic rings. The molecule has 0 aromatic carbocycles. The highest BCUT2D eigenvalue weighted by atomic mass is 32.1. The van der Waals surface area contributed by atoms with Crippen molar-refractivity contribution in [2.24, 2.45) is 0 Å². The highest BCUT2D eigenvalue weighted by molar-refractivity contribution is 7.10. The first-order valence-corrected chi connectivity index (χ1v) is 5.40. The van der Waals surface area contributed by atoms with Crippen LogP contribution >= 0.6 is 11.3 Å². The van der Waals surface area contributed by atoms with Crippen molar-refractivity contribution in [3.8, 4) is 0 Å². The third kappa shape index (κ3) is 2.82. The Morgan fingerprint density at radius 2 is 2.29 bits per heavy atom. The number of ether oxygens (including phenoxy) is 1. The summed E-state index contributed by atoms with van der Waals surface area (Å²) in [5, 5.41) is 5.19. The molecule has 0 amide bonds. The van der Waals surface area contributed by atoms with Crippen LogP contribution in [0.3, 0.4) is 0 Å². The Bertz CT molecular complexity index is 284. The van der Waals surface area contributed by atoms with E-state index in [1.165, 1.54) is 12.0 Å². The van der Waals surface area contributed by atoms with E-state index in [2.05, 4.69) is 10.1 Å². The van der Waals surface area contributed by atoms with Gasteiger partial charge in [0, 0.05) is 10.9 Å². The average molecular weight is 213 g/mol. The van der Waals surface area contributed by atoms with Gasteiger partial charge in [-0.3, -0.25) is 10.1 Å². The van der Waals surface area contributed by atoms with E-state index in [0.717, 1.165) is 0 Å². The minimum Gasteiger partial charge on any atom is -0.468 e. The zero-order valence-corrected chi connectivity index (χ0v) is 9.43. The molecule has 1 N–H and O–H groups in total. The molecule has 1 aromatic heterocycles. The molecule has 1 aromatic rings. The summed E-state index contributed by atoms with van der Waals surface area (Å²) in [6.07, 6.45) is 0. The standard InChI is InChI=1S/C10H15NO2S/c1-7(9-5-4-6-14-9)11-8(2)10(12)13-3/h4-8,11H,1-3H3. The number of nitrogens with one attached hydrogen (secondary N) is 1. The average Bonchev–Trinajstić information content (AvgIpc) is 2.69. The first kappa shape index (κ1) is 11.2. The van der Waals surface area contributed by atoms with Crippen molar-refractivity contribution in [2.75, 3.05) is 7.11 Å². The van der Waals surface area contributed by atoms with E-state index < -0.39 is 0 Å². The van der Waals surface area contributed by atoms with Crippen LogP contribution < -0.4 is 5.32 Å². The van der Waals surface area contributed by atoms with Gasteiger partial charge in [-0.05, 0) is 25.3 Å². The van der Waals surface area contributed by atoms with Gasteiger partial charge < -0.3 is 4.74 Å². The number of carbonyl (C=O) groups excluding carboxylic acids is 1. The minimum atomic E-state index is -0.267. The van der Waals surface area contributed by atoms with Crippen LogP contribution in [0.1, 0.15) is 24.8 Å². The molecule has 14 heavy (non-hydrogen) atoms. The van der Waals surface area contributed by atoms with E-state index in [0.29, 0.717) is 0 Å². The Hall–Kier alpha value is -0.870. The number of carbonyl (C=O) groups is 1. The summed E-state index contributed by atoms with van der Waals surface area (Å²) in [7, 11) is 1.40. The molecule has 0 spiro atoms. The summed E-state index contributed by atoms with van der Waals surface area (Å²) in [6, 6.07) is 3.97. The predicted octanol–water partition coefficient (Wildman–Crippen LogP) is 1.96. The molecule has 0 radical (unpaired) electrons. The number of rotatable bonds is 4. The molecule has 0 saturated carbocycles. The highest BCUT2D eigenvalue weighted by Gasteiger charge is 2.16. The molecule has 2 atom stereocenters. The summed E-state index contributed by atoms with van der Waals surface area (Å²) in [6.45, 7) is 3.83. The van der Waals surface area contributed by atoms with E-state index in [4.69, 9.17) is 0 Å². The summed E-state index contributed by atoms with van der Waals surface area (Å²) in [5.74, 6) is -0.228. The molecular weight excluding hydrogens is 198 g/mol. The van der Waals surface area contributed by atoms with Gasteiger partial charge in [-0.2, -0.15) is 0 Å². The summed E-state index contributed by atoms with van der Waals surface area (Å²) in [4.78, 5) is 12.4. The molecule has 2 unspecified atom stereocenters. The minimum absolute atomic E-state index is 0.184. The zero-order chi connectivity index (χ0) is 10.6. The normalized spacial score (nSPS) is 14.8. The molecule has 0 saturated heterocycles. The fourth-order valence-electron chi connectivity index (χ4n) is 1.24. The highest BCUT2D eigenvalue weighted by Crippen LogP contribution is 2.18. The second kappa shape index (κ2) is 5.12. The molecule has 78 valence electrons. The smallest absolute Gasteiger partial charge is 0.322 e. The molecule has 3 nitrogen and oxygen atoms in total. The summed E-state index contributed by atoms with van der Waals surface area (Å²) < 4.78 is 4.63. The van der Waals surface area contributed by atoms with Crippen molar-refractivity contribution in [2.45, 2.75) is 25.9 Å². The lowest BCUT2D eigenvalue weighted by Gasteiger charge is -2.16. The molecule has 0 aliphatic heterocycles. The topological polar surface area (TPSA) is 38.3 Å². The van der Waals surface area contributed by atoms with Crippen molar-refractivity contribution in [1.82, 2.24) is 5.32 Å². The van der Waals surface area contributed by atoms with E-state index in [-0.39, 0.29) is 18.1 Å². The maximum absolute atomic E-state index is 11.1. The number of hydrogen-bond donors (Lipinski definition) is 1. The molecular formula is C10H15NO2S. The van der Waals surface area contributed by atoms with Crippen molar-refractivity contribution < 1.29 is 9.53 Å². The molecule has 0 bridgehead atoms. The second-order valence-corrected chi connectivity index (χ2v) is 4.13. The Morgan fingerprint density at radius 1 is 1.57 bits per heavy atom. The SMILES string of the molecule is COC(=O)C(C)NC(C)c1cccs1. The maximum atomic E-state index is 11.1. The van der Waals surface area contributed by atoms with Crippen LogP contribution in [0.2, 0.25) is 0 Å². The molecule has 0 fully saturated rings. The van der Waals surface area contributed by atoms with E-state index >= 15 is 0 Å². The summed E-state index contributed by atoms with van der Waals surface area (Å²) >= 11 is 1.68. The van der Waals surface area contributed by atoms with Gasteiger partial charge in [-0.15, -0.1) is 11.3 Å². The van der Waals surface area contributed by atoms with Crippen LogP contribution in [-0.2, 0) is 9.53 Å². The number of methoxy groups -OCH3 is 1. The van der Waals surface area contributed by atoms with Crippen molar-refractivity contribution in [1.29, 1.82) is 0 Å². The van der Waals surface area contributed by atoms with E-state index in [9.17, 15) is 4.79 Å². The first-order chi connectivity index (χ1) is 6.65. The van der Waals surface area contributed by atoms with Gasteiger partial charge >= 0.3 is 5.97 Å². The Balaban J connectivity index is 2.49. The van der Waals surface area contributed by atoms with Crippen LogP contribution in [0.15, 0.2) is 17.5 Å². The second-order valence-electron chi connectivity index (χ2n) is 3.15. The van der Waals surface area contributed by atoms with Crippen molar-refractivity contribution >= 4 is 17.3 Å². The van der Waals surface area contributed by atoms with Gasteiger partial charge in [-0.1, -0.05) is 6.07 Å². The predicted molar refractivity (Wildman–Crippen MR) is 57.3 cm³/mol. The zero-order valence-electron chi connectivity index (χ0n) is 8.61. The monoisotopic (exact) mass is 213 g/mol. The van der Waals surface area contributed by atoms with Gasteiger partial charge in [0.05, 0.1) is 7.11 Å². The van der Waals surface area contributed by atoms with Crippen LogP contribution in [0.5, 0.6) is 0 Å². The van der Waals surface area contributed by atoms with Crippen LogP contribution in [0.25, 0.3) is 0 Å². The Labute approximate surface area is 88.1 Å².